The number of phenolic OH excluding ortho intramolecular Hbond substituents is 1. The van der Waals surface area contributed by atoms with Gasteiger partial charge in [0, 0.05) is 42.8 Å². The molecule has 14 heteroatoms. The summed E-state index contributed by atoms with van der Waals surface area (Å²) in [6, 6.07) is 6.57. The number of aromatic nitrogens is 3. The number of anilines is 1. The summed E-state index contributed by atoms with van der Waals surface area (Å²) < 4.78 is 51.0. The minimum absolute atomic E-state index is 0.0442. The minimum atomic E-state index is -1.13. The van der Waals surface area contributed by atoms with Crippen LogP contribution in [0.2, 0.25) is 5.02 Å². The van der Waals surface area contributed by atoms with E-state index in [1.165, 1.54) is 29.3 Å². The third-order valence-electron chi connectivity index (χ3n) is 8.57. The highest BCUT2D eigenvalue weighted by Gasteiger charge is 2.34. The summed E-state index contributed by atoms with van der Waals surface area (Å²) in [7, 11) is 1.99. The second-order valence-electron chi connectivity index (χ2n) is 11.4. The molecule has 10 nitrogen and oxygen atoms in total. The quantitative estimate of drug-likeness (QED) is 0.263. The Morgan fingerprint density at radius 1 is 1.17 bits per heavy atom. The molecule has 1 unspecified atom stereocenters. The molecule has 1 amide bonds. The summed E-state index contributed by atoms with van der Waals surface area (Å²) >= 11 is 6.33. The van der Waals surface area contributed by atoms with Gasteiger partial charge in [-0.15, -0.1) is 0 Å². The first-order valence-corrected chi connectivity index (χ1v) is 15.0. The molecule has 238 valence electrons. The number of ether oxygens (including phenoxy) is 1. The molecule has 2 aromatic heterocycles. The summed E-state index contributed by atoms with van der Waals surface area (Å²) in [6.45, 7) is 4.54. The van der Waals surface area contributed by atoms with Crippen LogP contribution in [0, 0.1) is 23.0 Å². The van der Waals surface area contributed by atoms with Crippen molar-refractivity contribution in [1.82, 2.24) is 24.8 Å². The molecule has 2 fully saturated rings. The highest BCUT2D eigenvalue weighted by Crippen LogP contribution is 2.41. The lowest BCUT2D eigenvalue weighted by Crippen LogP contribution is -2.55. The topological polar surface area (TPSA) is 119 Å². The average Bonchev–Trinajstić information content (AvgIpc) is 3.45. The van der Waals surface area contributed by atoms with E-state index in [0.29, 0.717) is 5.39 Å². The van der Waals surface area contributed by atoms with Crippen LogP contribution in [0.1, 0.15) is 19.3 Å². The minimum Gasteiger partial charge on any atom is -0.508 e. The lowest BCUT2D eigenvalue weighted by Gasteiger charge is -2.41. The number of piperazine rings is 1. The number of halogens is 4. The summed E-state index contributed by atoms with van der Waals surface area (Å²) in [5.41, 5.74) is -0.118. The third kappa shape index (κ3) is 5.74. The van der Waals surface area contributed by atoms with Crippen molar-refractivity contribution in [3.8, 4) is 29.0 Å². The Bertz CT molecular complexity index is 1920. The molecular formula is C32H29ClF3N7O3. The monoisotopic (exact) mass is 651 g/mol. The summed E-state index contributed by atoms with van der Waals surface area (Å²) in [6.07, 6.45) is 3.05. The van der Waals surface area contributed by atoms with Crippen molar-refractivity contribution in [1.29, 1.82) is 5.26 Å². The number of benzene rings is 2. The molecule has 1 N–H and O–H groups in total. The largest absolute Gasteiger partial charge is 0.508 e. The average molecular weight is 652 g/mol. The van der Waals surface area contributed by atoms with Gasteiger partial charge >= 0.3 is 6.01 Å². The lowest BCUT2D eigenvalue weighted by molar-refractivity contribution is -0.131. The van der Waals surface area contributed by atoms with Gasteiger partial charge in [-0.2, -0.15) is 15.2 Å². The molecule has 2 aliphatic rings. The van der Waals surface area contributed by atoms with Crippen LogP contribution in [0.4, 0.5) is 19.0 Å². The van der Waals surface area contributed by atoms with Crippen molar-refractivity contribution in [2.75, 3.05) is 44.7 Å². The van der Waals surface area contributed by atoms with Crippen molar-refractivity contribution in [2.45, 2.75) is 31.3 Å². The molecule has 0 bridgehead atoms. The van der Waals surface area contributed by atoms with E-state index in [1.54, 1.807) is 4.90 Å². The van der Waals surface area contributed by atoms with Crippen LogP contribution >= 0.6 is 11.6 Å². The second kappa shape index (κ2) is 12.6. The Hall–Kier alpha value is -4.67. The fourth-order valence-electron chi connectivity index (χ4n) is 6.19. The van der Waals surface area contributed by atoms with Gasteiger partial charge in [-0.3, -0.25) is 4.79 Å². The lowest BCUT2D eigenvalue weighted by atomic mass is 9.97. The van der Waals surface area contributed by atoms with Crippen LogP contribution in [-0.4, -0.2) is 87.7 Å². The SMILES string of the molecule is C=C(F)C(=O)N1CCN(c2nc(OCC3CCCN3C)nc3c(F)c(-c4cc(O)cc5ccc(F)c(Cl)c45)cnc23)C[C@@H]1CC#N. The fourth-order valence-corrected chi connectivity index (χ4v) is 6.46. The molecule has 4 heterocycles. The zero-order valence-corrected chi connectivity index (χ0v) is 25.6. The maximum absolute atomic E-state index is 16.7. The van der Waals surface area contributed by atoms with Crippen LogP contribution in [0.25, 0.3) is 32.9 Å². The number of amides is 1. The van der Waals surface area contributed by atoms with Crippen molar-refractivity contribution >= 4 is 45.1 Å². The van der Waals surface area contributed by atoms with E-state index in [-0.39, 0.29) is 88.9 Å². The van der Waals surface area contributed by atoms with E-state index in [9.17, 15) is 23.9 Å². The molecule has 6 rings (SSSR count). The number of aromatic hydroxyl groups is 1. The summed E-state index contributed by atoms with van der Waals surface area (Å²) in [4.78, 5) is 31.1. The van der Waals surface area contributed by atoms with E-state index in [1.807, 2.05) is 13.1 Å². The van der Waals surface area contributed by atoms with Crippen LogP contribution in [-0.2, 0) is 4.79 Å². The smallest absolute Gasteiger partial charge is 0.319 e. The third-order valence-corrected chi connectivity index (χ3v) is 8.94. The Morgan fingerprint density at radius 3 is 2.70 bits per heavy atom. The second-order valence-corrected chi connectivity index (χ2v) is 11.8. The molecule has 0 spiro atoms. The molecule has 2 aromatic carbocycles. The molecule has 0 radical (unpaired) electrons. The Morgan fingerprint density at radius 2 is 1.98 bits per heavy atom. The van der Waals surface area contributed by atoms with Gasteiger partial charge in [0.05, 0.1) is 23.6 Å². The number of carbonyl (C=O) groups is 1. The standard InChI is InChI=1S/C32H29ClF3N7O3/c1-17(34)31(45)43-11-10-42(15-19(43)7-8-37)30-29-28(39-32(40-30)46-16-20-4-3-9-41(20)2)27(36)23(14-38-29)22-13-21(44)12-18-5-6-24(35)26(33)25(18)22/h5-6,12-14,19-20,44H,1,3-4,7,9-11,15-16H2,2H3/t19-,20?/m0/s1. The first-order chi connectivity index (χ1) is 22.1. The number of hydrogen-bond donors (Lipinski definition) is 1. The number of fused-ring (bicyclic) bond motifs is 2. The normalized spacial score (nSPS) is 18.7. The Kier molecular flexibility index (Phi) is 8.59. The summed E-state index contributed by atoms with van der Waals surface area (Å²) in [5, 5.41) is 20.2. The van der Waals surface area contributed by atoms with Crippen molar-refractivity contribution in [3.05, 3.63) is 59.5 Å². The number of likely N-dealkylation sites (tertiary alicyclic amines) is 1. The van der Waals surface area contributed by atoms with Crippen LogP contribution in [0.3, 0.4) is 0 Å². The first kappa shape index (κ1) is 31.3. The van der Waals surface area contributed by atoms with E-state index >= 15 is 4.39 Å². The molecular weight excluding hydrogens is 623 g/mol. The number of carbonyl (C=O) groups excluding carboxylic acids is 1. The Balaban J connectivity index is 1.48. The summed E-state index contributed by atoms with van der Waals surface area (Å²) in [5.74, 6) is -3.58. The van der Waals surface area contributed by atoms with Gasteiger partial charge in [0.1, 0.15) is 29.2 Å². The number of rotatable bonds is 7. The predicted molar refractivity (Wildman–Crippen MR) is 166 cm³/mol. The highest BCUT2D eigenvalue weighted by molar-refractivity contribution is 6.37. The molecule has 2 aliphatic heterocycles. The Labute approximate surface area is 267 Å². The molecule has 0 saturated carbocycles. The number of likely N-dealkylation sites (N-methyl/N-ethyl adjacent to an activating group) is 1. The number of nitrogens with zero attached hydrogens (tertiary/aromatic N) is 7. The van der Waals surface area contributed by atoms with Gasteiger partial charge in [0.25, 0.3) is 5.91 Å². The van der Waals surface area contributed by atoms with Crippen molar-refractivity contribution in [3.63, 3.8) is 0 Å². The van der Waals surface area contributed by atoms with Gasteiger partial charge in [-0.05, 0) is 55.6 Å². The van der Waals surface area contributed by atoms with E-state index in [4.69, 9.17) is 16.3 Å². The van der Waals surface area contributed by atoms with Gasteiger partial charge in [-0.25, -0.2) is 18.2 Å². The fraction of sp³-hybridized carbons (Fsp3) is 0.344. The maximum atomic E-state index is 16.7. The number of pyridine rings is 1. The molecule has 46 heavy (non-hydrogen) atoms. The van der Waals surface area contributed by atoms with Crippen LogP contribution in [0.5, 0.6) is 11.8 Å². The number of phenols is 1. The number of nitriles is 1. The molecule has 2 atom stereocenters. The van der Waals surface area contributed by atoms with E-state index in [2.05, 4.69) is 26.4 Å². The highest BCUT2D eigenvalue weighted by atomic mass is 35.5. The first-order valence-electron chi connectivity index (χ1n) is 14.6. The molecule has 0 aliphatic carbocycles. The van der Waals surface area contributed by atoms with Crippen LogP contribution in [0.15, 0.2) is 42.9 Å². The molecule has 2 saturated heterocycles. The van der Waals surface area contributed by atoms with Crippen LogP contribution < -0.4 is 9.64 Å². The zero-order valence-electron chi connectivity index (χ0n) is 24.8. The van der Waals surface area contributed by atoms with Crippen molar-refractivity contribution in [2.24, 2.45) is 0 Å². The predicted octanol–water partition coefficient (Wildman–Crippen LogP) is 5.37. The maximum Gasteiger partial charge on any atom is 0.319 e. The molecule has 4 aromatic rings. The van der Waals surface area contributed by atoms with E-state index < -0.39 is 29.4 Å². The van der Waals surface area contributed by atoms with Gasteiger partial charge in [-0.1, -0.05) is 24.2 Å². The van der Waals surface area contributed by atoms with Gasteiger partial charge < -0.3 is 24.5 Å². The van der Waals surface area contributed by atoms with Crippen molar-refractivity contribution < 1.29 is 27.8 Å². The zero-order chi connectivity index (χ0) is 32.7. The van der Waals surface area contributed by atoms with Gasteiger partial charge in [0.15, 0.2) is 17.5 Å². The number of hydrogen-bond acceptors (Lipinski definition) is 9. The van der Waals surface area contributed by atoms with Gasteiger partial charge in [0.2, 0.25) is 0 Å². The van der Waals surface area contributed by atoms with E-state index in [0.717, 1.165) is 25.5 Å².